The smallest absolute Gasteiger partial charge is 0.137 e. The molecule has 0 saturated carbocycles. The van der Waals surface area contributed by atoms with Crippen molar-refractivity contribution in [2.75, 3.05) is 6.61 Å². The van der Waals surface area contributed by atoms with E-state index < -0.39 is 0 Å². The van der Waals surface area contributed by atoms with Gasteiger partial charge in [-0.15, -0.1) is 16.7 Å². The molecule has 6 heteroatoms. The molecule has 0 radical (unpaired) electrons. The largest absolute Gasteiger partial charge is 0.490 e. The molecule has 0 spiro atoms. The second-order valence-electron chi connectivity index (χ2n) is 3.39. The second kappa shape index (κ2) is 5.89. The maximum absolute atomic E-state index is 5.96. The molecule has 1 heterocycles. The Labute approximate surface area is 109 Å². The molecule has 0 unspecified atom stereocenters. The van der Waals surface area contributed by atoms with E-state index in [1.807, 2.05) is 18.2 Å². The molecule has 2 rings (SSSR count). The molecular formula is C11H11Cl2N3O. The molecule has 1 aromatic carbocycles. The van der Waals surface area contributed by atoms with Crippen LogP contribution in [-0.2, 0) is 12.4 Å². The van der Waals surface area contributed by atoms with Gasteiger partial charge in [0, 0.05) is 6.20 Å². The summed E-state index contributed by atoms with van der Waals surface area (Å²) in [5.41, 5.74) is 0.754. The number of alkyl halides is 1. The first-order valence-electron chi connectivity index (χ1n) is 5.12. The van der Waals surface area contributed by atoms with Gasteiger partial charge in [-0.2, -0.15) is 0 Å². The molecule has 0 amide bonds. The van der Waals surface area contributed by atoms with Crippen LogP contribution in [0.3, 0.4) is 0 Å². The topological polar surface area (TPSA) is 39.9 Å². The van der Waals surface area contributed by atoms with Gasteiger partial charge >= 0.3 is 0 Å². The number of halogens is 2. The average molecular weight is 272 g/mol. The lowest BCUT2D eigenvalue weighted by Crippen LogP contribution is -2.08. The number of hydrogen-bond donors (Lipinski definition) is 0. The molecule has 0 N–H and O–H groups in total. The van der Waals surface area contributed by atoms with Crippen LogP contribution < -0.4 is 4.74 Å². The van der Waals surface area contributed by atoms with Crippen LogP contribution in [-0.4, -0.2) is 21.6 Å². The van der Waals surface area contributed by atoms with E-state index in [2.05, 4.69) is 10.3 Å². The summed E-state index contributed by atoms with van der Waals surface area (Å²) in [4.78, 5) is 0. The summed E-state index contributed by atoms with van der Waals surface area (Å²) >= 11 is 11.6. The Morgan fingerprint density at radius 3 is 2.82 bits per heavy atom. The SMILES string of the molecule is ClCc1cn(CCOc2ccccc2Cl)nn1. The predicted molar refractivity (Wildman–Crippen MR) is 66.5 cm³/mol. The Kier molecular flexibility index (Phi) is 4.23. The van der Waals surface area contributed by atoms with Gasteiger partial charge in [-0.25, -0.2) is 4.68 Å². The first kappa shape index (κ1) is 12.2. The Morgan fingerprint density at radius 2 is 2.12 bits per heavy atom. The molecule has 17 heavy (non-hydrogen) atoms. The highest BCUT2D eigenvalue weighted by molar-refractivity contribution is 6.32. The Morgan fingerprint density at radius 1 is 1.29 bits per heavy atom. The highest BCUT2D eigenvalue weighted by Gasteiger charge is 2.01. The monoisotopic (exact) mass is 271 g/mol. The quantitative estimate of drug-likeness (QED) is 0.786. The Hall–Kier alpha value is -1.26. The van der Waals surface area contributed by atoms with Crippen LogP contribution in [0.2, 0.25) is 5.02 Å². The number of benzene rings is 1. The van der Waals surface area contributed by atoms with Gasteiger partial charge in [0.25, 0.3) is 0 Å². The molecule has 0 aliphatic heterocycles. The summed E-state index contributed by atoms with van der Waals surface area (Å²) < 4.78 is 7.22. The van der Waals surface area contributed by atoms with Gasteiger partial charge in [-0.05, 0) is 12.1 Å². The predicted octanol–water partition coefficient (Wildman–Crippen LogP) is 2.75. The molecule has 0 aliphatic rings. The van der Waals surface area contributed by atoms with Crippen molar-refractivity contribution in [1.29, 1.82) is 0 Å². The van der Waals surface area contributed by atoms with Gasteiger partial charge in [0.15, 0.2) is 0 Å². The average Bonchev–Trinajstić information content (AvgIpc) is 2.80. The van der Waals surface area contributed by atoms with E-state index in [9.17, 15) is 0 Å². The maximum atomic E-state index is 5.96. The lowest BCUT2D eigenvalue weighted by Gasteiger charge is -2.06. The first-order valence-corrected chi connectivity index (χ1v) is 6.03. The minimum Gasteiger partial charge on any atom is -0.490 e. The molecule has 0 bridgehead atoms. The van der Waals surface area contributed by atoms with Gasteiger partial charge in [-0.3, -0.25) is 0 Å². The van der Waals surface area contributed by atoms with E-state index in [1.165, 1.54) is 0 Å². The van der Waals surface area contributed by atoms with Crippen molar-refractivity contribution in [3.8, 4) is 5.75 Å². The third-order valence-electron chi connectivity index (χ3n) is 2.14. The van der Waals surface area contributed by atoms with Crippen molar-refractivity contribution in [2.24, 2.45) is 0 Å². The van der Waals surface area contributed by atoms with Crippen LogP contribution in [0.15, 0.2) is 30.5 Å². The Balaban J connectivity index is 1.85. The van der Waals surface area contributed by atoms with Crippen molar-refractivity contribution >= 4 is 23.2 Å². The zero-order valence-corrected chi connectivity index (χ0v) is 10.5. The van der Waals surface area contributed by atoms with Gasteiger partial charge in [0.05, 0.1) is 23.1 Å². The molecule has 2 aromatic rings. The standard InChI is InChI=1S/C11H11Cl2N3O/c12-7-9-8-16(15-14-9)5-6-17-11-4-2-1-3-10(11)13/h1-4,8H,5-7H2. The van der Waals surface area contributed by atoms with Crippen LogP contribution >= 0.6 is 23.2 Å². The van der Waals surface area contributed by atoms with Crippen molar-refractivity contribution in [3.63, 3.8) is 0 Å². The van der Waals surface area contributed by atoms with E-state index in [4.69, 9.17) is 27.9 Å². The molecule has 90 valence electrons. The summed E-state index contributed by atoms with van der Waals surface area (Å²) in [6, 6.07) is 7.35. The minimum absolute atomic E-state index is 0.366. The lowest BCUT2D eigenvalue weighted by molar-refractivity contribution is 0.290. The number of nitrogens with zero attached hydrogens (tertiary/aromatic N) is 3. The van der Waals surface area contributed by atoms with Crippen molar-refractivity contribution in [3.05, 3.63) is 41.2 Å². The van der Waals surface area contributed by atoms with E-state index in [0.717, 1.165) is 5.69 Å². The van der Waals surface area contributed by atoms with E-state index in [1.54, 1.807) is 16.9 Å². The van der Waals surface area contributed by atoms with E-state index in [0.29, 0.717) is 29.8 Å². The van der Waals surface area contributed by atoms with Crippen LogP contribution in [0, 0.1) is 0 Å². The number of para-hydroxylation sites is 1. The van der Waals surface area contributed by atoms with Crippen LogP contribution in [0.25, 0.3) is 0 Å². The molecule has 0 atom stereocenters. The fourth-order valence-electron chi connectivity index (χ4n) is 1.32. The summed E-state index contributed by atoms with van der Waals surface area (Å²) in [6.45, 7) is 1.09. The number of aromatic nitrogens is 3. The number of hydrogen-bond acceptors (Lipinski definition) is 3. The fraction of sp³-hybridized carbons (Fsp3) is 0.273. The van der Waals surface area contributed by atoms with Crippen molar-refractivity contribution in [2.45, 2.75) is 12.4 Å². The second-order valence-corrected chi connectivity index (χ2v) is 4.06. The van der Waals surface area contributed by atoms with Gasteiger partial charge in [-0.1, -0.05) is 28.9 Å². The number of rotatable bonds is 5. The maximum Gasteiger partial charge on any atom is 0.137 e. The molecule has 0 aliphatic carbocycles. The van der Waals surface area contributed by atoms with Crippen LogP contribution in [0.1, 0.15) is 5.69 Å². The molecule has 0 fully saturated rings. The van der Waals surface area contributed by atoms with Gasteiger partial charge in [0.1, 0.15) is 12.4 Å². The lowest BCUT2D eigenvalue weighted by atomic mass is 10.3. The molecule has 0 saturated heterocycles. The van der Waals surface area contributed by atoms with Crippen molar-refractivity contribution < 1.29 is 4.74 Å². The molecule has 4 nitrogen and oxygen atoms in total. The molecule has 1 aromatic heterocycles. The Bertz CT molecular complexity index is 487. The minimum atomic E-state index is 0.366. The van der Waals surface area contributed by atoms with E-state index in [-0.39, 0.29) is 0 Å². The van der Waals surface area contributed by atoms with E-state index >= 15 is 0 Å². The normalized spacial score (nSPS) is 10.5. The highest BCUT2D eigenvalue weighted by atomic mass is 35.5. The third-order valence-corrected chi connectivity index (χ3v) is 2.72. The van der Waals surface area contributed by atoms with Crippen molar-refractivity contribution in [1.82, 2.24) is 15.0 Å². The van der Waals surface area contributed by atoms with Gasteiger partial charge in [0.2, 0.25) is 0 Å². The summed E-state index contributed by atoms with van der Waals surface area (Å²) in [6.07, 6.45) is 1.79. The zero-order chi connectivity index (χ0) is 12.1. The third kappa shape index (κ3) is 3.35. The summed E-state index contributed by atoms with van der Waals surface area (Å²) in [5, 5.41) is 8.39. The zero-order valence-electron chi connectivity index (χ0n) is 9.01. The highest BCUT2D eigenvalue weighted by Crippen LogP contribution is 2.22. The number of ether oxygens (including phenoxy) is 1. The first-order chi connectivity index (χ1) is 8.29. The molecular weight excluding hydrogens is 261 g/mol. The van der Waals surface area contributed by atoms with Crippen LogP contribution in [0.5, 0.6) is 5.75 Å². The van der Waals surface area contributed by atoms with Gasteiger partial charge < -0.3 is 4.74 Å². The van der Waals surface area contributed by atoms with Crippen LogP contribution in [0.4, 0.5) is 0 Å². The fourth-order valence-corrected chi connectivity index (χ4v) is 1.63. The summed E-state index contributed by atoms with van der Waals surface area (Å²) in [7, 11) is 0. The summed E-state index contributed by atoms with van der Waals surface area (Å²) in [5.74, 6) is 1.04.